The van der Waals surface area contributed by atoms with Crippen molar-refractivity contribution in [3.05, 3.63) is 35.4 Å². The van der Waals surface area contributed by atoms with E-state index in [-0.39, 0.29) is 17.1 Å². The molecule has 1 N–H and O–H groups in total. The molecule has 1 fully saturated rings. The molecule has 1 aromatic rings. The van der Waals surface area contributed by atoms with Crippen LogP contribution in [0.4, 0.5) is 0 Å². The van der Waals surface area contributed by atoms with Gasteiger partial charge in [0, 0.05) is 18.5 Å². The summed E-state index contributed by atoms with van der Waals surface area (Å²) in [5.74, 6) is -0.752. The van der Waals surface area contributed by atoms with E-state index in [4.69, 9.17) is 5.11 Å². The first-order valence-corrected chi connectivity index (χ1v) is 8.36. The summed E-state index contributed by atoms with van der Waals surface area (Å²) in [5.41, 5.74) is 2.08. The van der Waals surface area contributed by atoms with Crippen LogP contribution in [-0.4, -0.2) is 41.4 Å². The van der Waals surface area contributed by atoms with Crippen LogP contribution in [0.15, 0.2) is 24.3 Å². The van der Waals surface area contributed by atoms with Crippen molar-refractivity contribution in [1.82, 2.24) is 4.90 Å². The summed E-state index contributed by atoms with van der Waals surface area (Å²) in [6, 6.07) is 7.90. The third-order valence-electron chi connectivity index (χ3n) is 4.66. The summed E-state index contributed by atoms with van der Waals surface area (Å²) in [4.78, 5) is 25.4. The molecule has 2 rings (SSSR count). The number of ketones is 1. The van der Waals surface area contributed by atoms with Crippen molar-refractivity contribution in [2.75, 3.05) is 19.6 Å². The van der Waals surface area contributed by atoms with E-state index >= 15 is 0 Å². The third-order valence-corrected chi connectivity index (χ3v) is 4.66. The lowest BCUT2D eigenvalue weighted by molar-refractivity contribution is -0.143. The molecular formula is C19H27NO3. The lowest BCUT2D eigenvalue weighted by Crippen LogP contribution is -2.37. The zero-order valence-electron chi connectivity index (χ0n) is 14.3. The van der Waals surface area contributed by atoms with Gasteiger partial charge in [0.2, 0.25) is 0 Å². The fourth-order valence-corrected chi connectivity index (χ4v) is 2.96. The van der Waals surface area contributed by atoms with Crippen molar-refractivity contribution >= 4 is 11.8 Å². The summed E-state index contributed by atoms with van der Waals surface area (Å²) >= 11 is 0. The lowest BCUT2D eigenvalue weighted by atomic mass is 9.86. The number of hydrogen-bond donors (Lipinski definition) is 1. The van der Waals surface area contributed by atoms with Crippen LogP contribution in [0.1, 0.15) is 56.0 Å². The lowest BCUT2D eigenvalue weighted by Gasteiger charge is -2.29. The molecule has 23 heavy (non-hydrogen) atoms. The molecule has 0 aromatic heterocycles. The summed E-state index contributed by atoms with van der Waals surface area (Å²) in [5, 5.41) is 9.00. The molecule has 4 nitrogen and oxygen atoms in total. The van der Waals surface area contributed by atoms with E-state index in [1.54, 1.807) is 0 Å². The van der Waals surface area contributed by atoms with Gasteiger partial charge < -0.3 is 10.0 Å². The number of aliphatic carboxylic acids is 1. The average molecular weight is 317 g/mol. The number of piperidine rings is 1. The molecular weight excluding hydrogens is 290 g/mol. The van der Waals surface area contributed by atoms with Gasteiger partial charge in [-0.1, -0.05) is 45.0 Å². The largest absolute Gasteiger partial charge is 0.481 e. The summed E-state index contributed by atoms with van der Waals surface area (Å²) < 4.78 is 0. The van der Waals surface area contributed by atoms with Crippen LogP contribution in [0.25, 0.3) is 0 Å². The molecule has 1 saturated heterocycles. The first-order chi connectivity index (χ1) is 10.8. The second kappa shape index (κ2) is 7.26. The van der Waals surface area contributed by atoms with Crippen LogP contribution >= 0.6 is 0 Å². The minimum Gasteiger partial charge on any atom is -0.481 e. The van der Waals surface area contributed by atoms with Crippen molar-refractivity contribution in [2.45, 2.75) is 45.4 Å². The van der Waals surface area contributed by atoms with E-state index < -0.39 is 5.97 Å². The Balaban J connectivity index is 1.82. The van der Waals surface area contributed by atoms with Gasteiger partial charge in [0.25, 0.3) is 0 Å². The van der Waals surface area contributed by atoms with Crippen molar-refractivity contribution in [2.24, 2.45) is 5.92 Å². The Morgan fingerprint density at radius 3 is 2.17 bits per heavy atom. The maximum Gasteiger partial charge on any atom is 0.306 e. The molecule has 0 bridgehead atoms. The second-order valence-electron chi connectivity index (χ2n) is 7.45. The van der Waals surface area contributed by atoms with Gasteiger partial charge in [-0.15, -0.1) is 0 Å². The smallest absolute Gasteiger partial charge is 0.306 e. The van der Waals surface area contributed by atoms with Crippen LogP contribution in [0.5, 0.6) is 0 Å². The zero-order chi connectivity index (χ0) is 17.0. The van der Waals surface area contributed by atoms with Gasteiger partial charge in [0.1, 0.15) is 0 Å². The van der Waals surface area contributed by atoms with Crippen molar-refractivity contribution < 1.29 is 14.7 Å². The minimum absolute atomic E-state index is 0.0933. The topological polar surface area (TPSA) is 57.6 Å². The molecule has 0 radical (unpaired) electrons. The predicted molar refractivity (Wildman–Crippen MR) is 90.9 cm³/mol. The summed E-state index contributed by atoms with van der Waals surface area (Å²) in [7, 11) is 0. The molecule has 0 aliphatic carbocycles. The Bertz CT molecular complexity index is 549. The molecule has 0 spiro atoms. The number of carboxylic acids is 1. The molecule has 1 aliphatic heterocycles. The van der Waals surface area contributed by atoms with Crippen LogP contribution in [-0.2, 0) is 10.2 Å². The van der Waals surface area contributed by atoms with Gasteiger partial charge in [0.15, 0.2) is 5.78 Å². The highest BCUT2D eigenvalue weighted by Gasteiger charge is 2.24. The number of likely N-dealkylation sites (tertiary alicyclic amines) is 1. The van der Waals surface area contributed by atoms with Gasteiger partial charge in [0.05, 0.1) is 5.92 Å². The number of carbonyl (C=O) groups is 2. The highest BCUT2D eigenvalue weighted by atomic mass is 16.4. The Labute approximate surface area is 138 Å². The van der Waals surface area contributed by atoms with Gasteiger partial charge in [-0.05, 0) is 36.9 Å². The third kappa shape index (κ3) is 4.90. The number of hydrogen-bond acceptors (Lipinski definition) is 3. The molecule has 0 amide bonds. The van der Waals surface area contributed by atoms with Crippen LogP contribution in [0.2, 0.25) is 0 Å². The molecule has 1 aliphatic rings. The molecule has 126 valence electrons. The standard InChI is InChI=1S/C19H27NO3/c1-19(2,3)16-6-4-14(5-7-16)17(21)10-13-20-11-8-15(9-12-20)18(22)23/h4-7,15H,8-13H2,1-3H3,(H,22,23). The number of Topliss-reactive ketones (excluding diaryl/α,β-unsaturated/α-hetero) is 1. The molecule has 1 heterocycles. The van der Waals surface area contributed by atoms with Crippen molar-refractivity contribution in [1.29, 1.82) is 0 Å². The maximum atomic E-state index is 12.3. The monoisotopic (exact) mass is 317 g/mol. The van der Waals surface area contributed by atoms with Crippen LogP contribution in [0.3, 0.4) is 0 Å². The first-order valence-electron chi connectivity index (χ1n) is 8.36. The maximum absolute atomic E-state index is 12.3. The minimum atomic E-state index is -0.695. The predicted octanol–water partition coefficient (Wildman–Crippen LogP) is 3.35. The SMILES string of the molecule is CC(C)(C)c1ccc(C(=O)CCN2CCC(C(=O)O)CC2)cc1. The van der Waals surface area contributed by atoms with E-state index in [1.807, 2.05) is 24.3 Å². The molecule has 1 aromatic carbocycles. The number of carboxylic acid groups (broad SMARTS) is 1. The highest BCUT2D eigenvalue weighted by Crippen LogP contribution is 2.23. The van der Waals surface area contributed by atoms with E-state index in [9.17, 15) is 9.59 Å². The first kappa shape index (κ1) is 17.7. The Morgan fingerprint density at radius 1 is 1.13 bits per heavy atom. The second-order valence-corrected chi connectivity index (χ2v) is 7.45. The fourth-order valence-electron chi connectivity index (χ4n) is 2.96. The van der Waals surface area contributed by atoms with Crippen molar-refractivity contribution in [3.63, 3.8) is 0 Å². The number of nitrogens with zero attached hydrogens (tertiary/aromatic N) is 1. The average Bonchev–Trinajstić information content (AvgIpc) is 2.52. The highest BCUT2D eigenvalue weighted by molar-refractivity contribution is 5.96. The Hall–Kier alpha value is -1.68. The van der Waals surface area contributed by atoms with E-state index in [1.165, 1.54) is 5.56 Å². The van der Waals surface area contributed by atoms with Crippen LogP contribution < -0.4 is 0 Å². The molecule has 0 saturated carbocycles. The van der Waals surface area contributed by atoms with E-state index in [0.717, 1.165) is 18.7 Å². The quantitative estimate of drug-likeness (QED) is 0.846. The van der Waals surface area contributed by atoms with Crippen LogP contribution in [0, 0.1) is 5.92 Å². The Morgan fingerprint density at radius 2 is 1.70 bits per heavy atom. The molecule has 0 atom stereocenters. The molecule has 0 unspecified atom stereocenters. The summed E-state index contributed by atoms with van der Waals surface area (Å²) in [6.07, 6.45) is 1.86. The zero-order valence-corrected chi connectivity index (χ0v) is 14.3. The van der Waals surface area contributed by atoms with Gasteiger partial charge in [-0.2, -0.15) is 0 Å². The van der Waals surface area contributed by atoms with Gasteiger partial charge in [-0.3, -0.25) is 9.59 Å². The van der Waals surface area contributed by atoms with E-state index in [0.29, 0.717) is 25.8 Å². The number of carbonyl (C=O) groups excluding carboxylic acids is 1. The van der Waals surface area contributed by atoms with Gasteiger partial charge in [-0.25, -0.2) is 0 Å². The molecule has 4 heteroatoms. The van der Waals surface area contributed by atoms with Gasteiger partial charge >= 0.3 is 5.97 Å². The Kier molecular flexibility index (Phi) is 5.58. The van der Waals surface area contributed by atoms with E-state index in [2.05, 4.69) is 25.7 Å². The number of rotatable bonds is 5. The summed E-state index contributed by atoms with van der Waals surface area (Å²) in [6.45, 7) is 8.73. The fraction of sp³-hybridized carbons (Fsp3) is 0.579. The normalized spacial score (nSPS) is 17.2. The van der Waals surface area contributed by atoms with Crippen molar-refractivity contribution in [3.8, 4) is 0 Å². The number of benzene rings is 1.